The molecule has 0 spiro atoms. The SMILES string of the molecule is C=C[C@H]1C[C@@]1(NC(=O)[C@H]1C[C@@H](Oc2nc(-c3ccccc3)cc3ccccc23)CN1C(=O)[C@@H](NC(=O)OC(C)(C)C)[C@@H](C)OCc1ccccc1)C(=O)NS(=O)(=O)C1CC1. The van der Waals surface area contributed by atoms with Gasteiger partial charge in [-0.05, 0) is 70.0 Å². The number of hydrogen-bond donors (Lipinski definition) is 3. The second-order valence-electron chi connectivity index (χ2n) is 16.7. The Kier molecular flexibility index (Phi) is 12.0. The van der Waals surface area contributed by atoms with Gasteiger partial charge in [-0.1, -0.05) is 84.9 Å². The van der Waals surface area contributed by atoms with Crippen LogP contribution in [0.15, 0.2) is 104 Å². The predicted molar refractivity (Wildman–Crippen MR) is 225 cm³/mol. The molecule has 7 rings (SSSR count). The summed E-state index contributed by atoms with van der Waals surface area (Å²) < 4.78 is 46.2. The number of fused-ring (bicyclic) bond motifs is 1. The summed E-state index contributed by atoms with van der Waals surface area (Å²) in [5.74, 6) is -2.49. The van der Waals surface area contributed by atoms with E-state index in [0.717, 1.165) is 21.9 Å². The average molecular weight is 838 g/mol. The molecule has 316 valence electrons. The molecule has 3 fully saturated rings. The molecule has 3 N–H and O–H groups in total. The van der Waals surface area contributed by atoms with Crippen LogP contribution in [0.3, 0.4) is 0 Å². The molecular weight excluding hydrogens is 787 g/mol. The van der Waals surface area contributed by atoms with Crippen molar-refractivity contribution >= 4 is 44.6 Å². The lowest BCUT2D eigenvalue weighted by Crippen LogP contribution is -2.60. The number of benzene rings is 3. The molecule has 4 amide bonds. The molecule has 15 heteroatoms. The van der Waals surface area contributed by atoms with Gasteiger partial charge in [0.15, 0.2) is 0 Å². The van der Waals surface area contributed by atoms with Crippen molar-refractivity contribution in [1.29, 1.82) is 0 Å². The van der Waals surface area contributed by atoms with Crippen LogP contribution in [0.25, 0.3) is 22.0 Å². The van der Waals surface area contributed by atoms with Gasteiger partial charge in [-0.2, -0.15) is 0 Å². The van der Waals surface area contributed by atoms with Gasteiger partial charge in [-0.3, -0.25) is 19.1 Å². The van der Waals surface area contributed by atoms with Gasteiger partial charge in [0, 0.05) is 23.3 Å². The van der Waals surface area contributed by atoms with Gasteiger partial charge in [0.2, 0.25) is 27.7 Å². The zero-order chi connectivity index (χ0) is 42.8. The normalized spacial score (nSPS) is 22.3. The third kappa shape index (κ3) is 9.63. The average Bonchev–Trinajstić information content (AvgIpc) is 4.15. The van der Waals surface area contributed by atoms with Crippen molar-refractivity contribution in [1.82, 2.24) is 25.2 Å². The molecule has 6 atom stereocenters. The van der Waals surface area contributed by atoms with Crippen molar-refractivity contribution < 1.29 is 41.8 Å². The summed E-state index contributed by atoms with van der Waals surface area (Å²) in [5, 5.41) is 6.42. The standard InChI is InChI=1S/C45H51N5O9S/c1-6-32-25-45(32,42(53)49-60(55,56)34-21-22-34)48-39(51)37-24-33(58-40-35-20-14-13-19-31(35)23-36(46-40)30-17-11-8-12-18-30)26-50(37)41(52)38(47-43(54)59-44(3,4)5)28(2)57-27-29-15-9-7-10-16-29/h6-20,23,28,32-34,37-38H,1,21-22,24-27H2,2-5H3,(H,47,54)(H,48,51)(H,49,53)/t28-,32+,33-,37-,38+,45+/m1/s1. The Morgan fingerprint density at radius 2 is 1.65 bits per heavy atom. The number of rotatable bonds is 15. The number of pyridine rings is 1. The first-order valence-corrected chi connectivity index (χ1v) is 21.7. The van der Waals surface area contributed by atoms with Gasteiger partial charge in [-0.25, -0.2) is 18.2 Å². The van der Waals surface area contributed by atoms with Crippen LogP contribution < -0.4 is 20.1 Å². The maximum atomic E-state index is 14.9. The summed E-state index contributed by atoms with van der Waals surface area (Å²) in [6.45, 7) is 10.5. The summed E-state index contributed by atoms with van der Waals surface area (Å²) in [6.07, 6.45) is -0.102. The maximum Gasteiger partial charge on any atom is 0.408 e. The van der Waals surface area contributed by atoms with Crippen LogP contribution >= 0.6 is 0 Å². The summed E-state index contributed by atoms with van der Waals surface area (Å²) in [5.41, 5.74) is -0.128. The number of carbonyl (C=O) groups is 4. The van der Waals surface area contributed by atoms with Gasteiger partial charge in [0.25, 0.3) is 5.91 Å². The quantitative estimate of drug-likeness (QED) is 0.131. The fourth-order valence-electron chi connectivity index (χ4n) is 7.46. The fraction of sp³-hybridized carbons (Fsp3) is 0.400. The number of nitrogens with one attached hydrogen (secondary N) is 3. The Hall–Kier alpha value is -5.80. The largest absolute Gasteiger partial charge is 0.472 e. The van der Waals surface area contributed by atoms with Crippen molar-refractivity contribution in [3.8, 4) is 17.1 Å². The van der Waals surface area contributed by atoms with E-state index in [2.05, 4.69) is 21.9 Å². The molecule has 0 bridgehead atoms. The predicted octanol–water partition coefficient (Wildman–Crippen LogP) is 5.42. The maximum absolute atomic E-state index is 14.9. The third-order valence-corrected chi connectivity index (χ3v) is 12.7. The van der Waals surface area contributed by atoms with Gasteiger partial charge >= 0.3 is 6.09 Å². The second-order valence-corrected chi connectivity index (χ2v) is 18.7. The van der Waals surface area contributed by atoms with Crippen molar-refractivity contribution in [3.05, 3.63) is 109 Å². The van der Waals surface area contributed by atoms with Crippen molar-refractivity contribution in [2.45, 2.75) is 101 Å². The smallest absolute Gasteiger partial charge is 0.408 e. The minimum Gasteiger partial charge on any atom is -0.472 e. The monoisotopic (exact) mass is 837 g/mol. The number of ether oxygens (including phenoxy) is 3. The number of nitrogens with zero attached hydrogens (tertiary/aromatic N) is 2. The second kappa shape index (κ2) is 17.1. The Morgan fingerprint density at radius 1 is 0.983 bits per heavy atom. The van der Waals surface area contributed by atoms with Crippen LogP contribution in [0, 0.1) is 5.92 Å². The molecule has 2 saturated carbocycles. The van der Waals surface area contributed by atoms with Gasteiger partial charge < -0.3 is 29.7 Å². The summed E-state index contributed by atoms with van der Waals surface area (Å²) in [6, 6.07) is 25.9. The lowest BCUT2D eigenvalue weighted by atomic mass is 10.1. The van der Waals surface area contributed by atoms with E-state index in [1.807, 2.05) is 91.0 Å². The van der Waals surface area contributed by atoms with Crippen LogP contribution in [0.4, 0.5) is 4.79 Å². The summed E-state index contributed by atoms with van der Waals surface area (Å²) >= 11 is 0. The highest BCUT2D eigenvalue weighted by Gasteiger charge is 2.62. The molecule has 2 aliphatic carbocycles. The molecule has 14 nitrogen and oxygen atoms in total. The number of carbonyl (C=O) groups excluding carboxylic acids is 4. The first kappa shape index (κ1) is 42.3. The summed E-state index contributed by atoms with van der Waals surface area (Å²) in [4.78, 5) is 62.7. The number of amides is 4. The molecule has 3 aliphatic rings. The van der Waals surface area contributed by atoms with Gasteiger partial charge in [-0.15, -0.1) is 6.58 Å². The molecule has 0 radical (unpaired) electrons. The van der Waals surface area contributed by atoms with E-state index in [0.29, 0.717) is 24.4 Å². The number of likely N-dealkylation sites (tertiary alicyclic amines) is 1. The highest BCUT2D eigenvalue weighted by atomic mass is 32.2. The highest BCUT2D eigenvalue weighted by molar-refractivity contribution is 7.91. The first-order chi connectivity index (χ1) is 28.6. The van der Waals surface area contributed by atoms with E-state index < -0.39 is 80.4 Å². The molecule has 60 heavy (non-hydrogen) atoms. The van der Waals surface area contributed by atoms with Crippen LogP contribution in [-0.2, 0) is 40.5 Å². The van der Waals surface area contributed by atoms with Crippen LogP contribution in [0.5, 0.6) is 5.88 Å². The molecule has 4 aromatic rings. The van der Waals surface area contributed by atoms with E-state index in [1.165, 1.54) is 11.0 Å². The Balaban J connectivity index is 1.21. The minimum absolute atomic E-state index is 0.0294. The molecule has 1 aliphatic heterocycles. The molecule has 0 unspecified atom stereocenters. The van der Waals surface area contributed by atoms with E-state index in [9.17, 15) is 27.6 Å². The zero-order valence-electron chi connectivity index (χ0n) is 34.1. The summed E-state index contributed by atoms with van der Waals surface area (Å²) in [7, 11) is -3.94. The number of sulfonamides is 1. The van der Waals surface area contributed by atoms with E-state index in [4.69, 9.17) is 19.2 Å². The Bertz CT molecular complexity index is 2370. The Morgan fingerprint density at radius 3 is 2.30 bits per heavy atom. The number of alkyl carbamates (subject to hydrolysis) is 1. The van der Waals surface area contributed by atoms with Gasteiger partial charge in [0.1, 0.15) is 29.3 Å². The van der Waals surface area contributed by atoms with Gasteiger partial charge in [0.05, 0.1) is 30.2 Å². The minimum atomic E-state index is -3.94. The zero-order valence-corrected chi connectivity index (χ0v) is 34.9. The first-order valence-electron chi connectivity index (χ1n) is 20.1. The van der Waals surface area contributed by atoms with Crippen LogP contribution in [0.1, 0.15) is 58.9 Å². The molecule has 3 aromatic carbocycles. The molecule has 1 aromatic heterocycles. The molecule has 1 saturated heterocycles. The topological polar surface area (TPSA) is 182 Å². The highest BCUT2D eigenvalue weighted by Crippen LogP contribution is 2.45. The molecular formula is C45H51N5O9S. The van der Waals surface area contributed by atoms with Crippen LogP contribution in [0.2, 0.25) is 0 Å². The third-order valence-electron chi connectivity index (χ3n) is 10.9. The van der Waals surface area contributed by atoms with E-state index in [1.54, 1.807) is 27.7 Å². The molecule has 2 heterocycles. The lowest BCUT2D eigenvalue weighted by molar-refractivity contribution is -0.144. The van der Waals surface area contributed by atoms with Crippen molar-refractivity contribution in [2.75, 3.05) is 6.54 Å². The van der Waals surface area contributed by atoms with E-state index in [-0.39, 0.29) is 26.0 Å². The van der Waals surface area contributed by atoms with Crippen molar-refractivity contribution in [2.24, 2.45) is 5.92 Å². The number of aromatic nitrogens is 1. The lowest BCUT2D eigenvalue weighted by Gasteiger charge is -2.32. The fourth-order valence-corrected chi connectivity index (χ4v) is 8.82. The number of hydrogen-bond acceptors (Lipinski definition) is 10. The van der Waals surface area contributed by atoms with E-state index >= 15 is 0 Å². The Labute approximate surface area is 350 Å². The van der Waals surface area contributed by atoms with Crippen molar-refractivity contribution in [3.63, 3.8) is 0 Å². The van der Waals surface area contributed by atoms with Crippen LogP contribution in [-0.4, -0.2) is 89.3 Å².